The molecule has 0 saturated carbocycles. The van der Waals surface area contributed by atoms with Gasteiger partial charge in [-0.25, -0.2) is 4.39 Å². The highest BCUT2D eigenvalue weighted by molar-refractivity contribution is 5.80. The number of carbonyl (C=O) groups excluding carboxylic acids is 1. The summed E-state index contributed by atoms with van der Waals surface area (Å²) in [6, 6.07) is 8.46. The van der Waals surface area contributed by atoms with Gasteiger partial charge in [0.25, 0.3) is 0 Å². The summed E-state index contributed by atoms with van der Waals surface area (Å²) in [5.41, 5.74) is 3.76. The highest BCUT2D eigenvalue weighted by atomic mass is 19.1. The van der Waals surface area contributed by atoms with Crippen molar-refractivity contribution in [1.29, 1.82) is 0 Å². The van der Waals surface area contributed by atoms with Gasteiger partial charge in [-0.05, 0) is 35.7 Å². The van der Waals surface area contributed by atoms with Crippen molar-refractivity contribution in [2.45, 2.75) is 25.7 Å². The summed E-state index contributed by atoms with van der Waals surface area (Å²) in [6.45, 7) is 4.82. The number of fused-ring (bicyclic) bond motifs is 1. The average molecular weight is 284 g/mol. The molecule has 1 aromatic carbocycles. The molecule has 3 rings (SSSR count). The molecule has 4 heteroatoms. The number of aromatic nitrogens is 1. The van der Waals surface area contributed by atoms with Gasteiger partial charge in [-0.3, -0.25) is 9.78 Å². The number of hydrogen-bond donors (Lipinski definition) is 0. The van der Waals surface area contributed by atoms with Crippen LogP contribution in [-0.4, -0.2) is 17.9 Å². The Morgan fingerprint density at radius 2 is 2.00 bits per heavy atom. The van der Waals surface area contributed by atoms with Crippen LogP contribution in [0.2, 0.25) is 0 Å². The molecule has 0 unspecified atom stereocenters. The number of nitrogens with zero attached hydrogens (tertiary/aromatic N) is 2. The van der Waals surface area contributed by atoms with Crippen LogP contribution in [-0.2, 0) is 16.6 Å². The number of anilines is 1. The highest BCUT2D eigenvalue weighted by Gasteiger charge is 2.36. The van der Waals surface area contributed by atoms with E-state index in [4.69, 9.17) is 0 Å². The van der Waals surface area contributed by atoms with Crippen LogP contribution in [0.15, 0.2) is 36.5 Å². The molecule has 0 bridgehead atoms. The standard InChI is InChI=1S/C17H17FN2O/c1-17(2)10-20(11-21)15-8-13(9-19-16(15)17)7-12-3-5-14(18)6-4-12/h3-6,8-9,11H,7,10H2,1-2H3. The van der Waals surface area contributed by atoms with Gasteiger partial charge in [0.2, 0.25) is 6.41 Å². The lowest BCUT2D eigenvalue weighted by molar-refractivity contribution is -0.107. The third-order valence-electron chi connectivity index (χ3n) is 3.89. The van der Waals surface area contributed by atoms with Gasteiger partial charge in [0.15, 0.2) is 0 Å². The van der Waals surface area contributed by atoms with E-state index in [-0.39, 0.29) is 11.2 Å². The van der Waals surface area contributed by atoms with Crippen molar-refractivity contribution in [1.82, 2.24) is 4.98 Å². The second-order valence-corrected chi connectivity index (χ2v) is 6.13. The molecule has 1 aliphatic rings. The third-order valence-corrected chi connectivity index (χ3v) is 3.89. The fourth-order valence-corrected chi connectivity index (χ4v) is 2.85. The first-order chi connectivity index (χ1) is 9.99. The van der Waals surface area contributed by atoms with Gasteiger partial charge in [-0.15, -0.1) is 0 Å². The minimum atomic E-state index is -0.236. The zero-order valence-corrected chi connectivity index (χ0v) is 12.1. The second kappa shape index (κ2) is 4.95. The molecule has 2 aromatic rings. The molecule has 1 aliphatic heterocycles. The van der Waals surface area contributed by atoms with E-state index in [2.05, 4.69) is 18.8 Å². The Balaban J connectivity index is 1.92. The van der Waals surface area contributed by atoms with Gasteiger partial charge < -0.3 is 4.90 Å². The van der Waals surface area contributed by atoms with Crippen LogP contribution < -0.4 is 4.90 Å². The minimum absolute atomic E-state index is 0.120. The monoisotopic (exact) mass is 284 g/mol. The maximum atomic E-state index is 12.9. The van der Waals surface area contributed by atoms with E-state index in [1.807, 2.05) is 12.3 Å². The summed E-state index contributed by atoms with van der Waals surface area (Å²) in [5, 5.41) is 0. The summed E-state index contributed by atoms with van der Waals surface area (Å²) in [4.78, 5) is 17.5. The average Bonchev–Trinajstić information content (AvgIpc) is 2.72. The summed E-state index contributed by atoms with van der Waals surface area (Å²) in [5.74, 6) is -0.236. The van der Waals surface area contributed by atoms with Crippen LogP contribution in [0, 0.1) is 5.82 Å². The molecule has 0 fully saturated rings. The Bertz CT molecular complexity index is 680. The van der Waals surface area contributed by atoms with Crippen LogP contribution in [0.5, 0.6) is 0 Å². The zero-order valence-electron chi connectivity index (χ0n) is 12.1. The first-order valence-electron chi connectivity index (χ1n) is 6.95. The first-order valence-corrected chi connectivity index (χ1v) is 6.95. The smallest absolute Gasteiger partial charge is 0.214 e. The third kappa shape index (κ3) is 2.53. The minimum Gasteiger partial charge on any atom is -0.312 e. The Morgan fingerprint density at radius 1 is 1.29 bits per heavy atom. The van der Waals surface area contributed by atoms with E-state index in [0.29, 0.717) is 13.0 Å². The number of amides is 1. The molecule has 2 heterocycles. The molecular formula is C17H17FN2O. The van der Waals surface area contributed by atoms with Crippen molar-refractivity contribution in [2.24, 2.45) is 0 Å². The summed E-state index contributed by atoms with van der Waals surface area (Å²) < 4.78 is 12.9. The quantitative estimate of drug-likeness (QED) is 0.812. The lowest BCUT2D eigenvalue weighted by Crippen LogP contribution is -2.27. The number of halogens is 1. The van der Waals surface area contributed by atoms with Gasteiger partial charge >= 0.3 is 0 Å². The second-order valence-electron chi connectivity index (χ2n) is 6.13. The number of pyridine rings is 1. The van der Waals surface area contributed by atoms with Crippen LogP contribution in [0.3, 0.4) is 0 Å². The molecule has 1 aromatic heterocycles. The maximum absolute atomic E-state index is 12.9. The summed E-state index contributed by atoms with van der Waals surface area (Å²) >= 11 is 0. The van der Waals surface area contributed by atoms with E-state index in [0.717, 1.165) is 28.9 Å². The van der Waals surface area contributed by atoms with E-state index < -0.39 is 0 Å². The van der Waals surface area contributed by atoms with Gasteiger partial charge in [0.05, 0.1) is 11.4 Å². The van der Waals surface area contributed by atoms with E-state index >= 15 is 0 Å². The first kappa shape index (κ1) is 13.7. The molecule has 0 aliphatic carbocycles. The van der Waals surface area contributed by atoms with E-state index in [1.165, 1.54) is 12.1 Å². The Kier molecular flexibility index (Phi) is 3.24. The molecule has 1 amide bonds. The topological polar surface area (TPSA) is 33.2 Å². The molecule has 0 N–H and O–H groups in total. The molecule has 3 nitrogen and oxygen atoms in total. The fraction of sp³-hybridized carbons (Fsp3) is 0.294. The van der Waals surface area contributed by atoms with Gasteiger partial charge in [-0.1, -0.05) is 26.0 Å². The Labute approximate surface area is 123 Å². The molecule has 0 atom stereocenters. The number of hydrogen-bond acceptors (Lipinski definition) is 2. The van der Waals surface area contributed by atoms with Crippen molar-refractivity contribution in [2.75, 3.05) is 11.4 Å². The van der Waals surface area contributed by atoms with Gasteiger partial charge in [-0.2, -0.15) is 0 Å². The lowest BCUT2D eigenvalue weighted by atomic mass is 9.91. The van der Waals surface area contributed by atoms with Crippen LogP contribution in [0.25, 0.3) is 0 Å². The zero-order chi connectivity index (χ0) is 15.0. The number of rotatable bonds is 3. The summed E-state index contributed by atoms with van der Waals surface area (Å²) in [6.07, 6.45) is 3.38. The van der Waals surface area contributed by atoms with Crippen LogP contribution in [0.4, 0.5) is 10.1 Å². The SMILES string of the molecule is CC1(C)CN(C=O)c2cc(Cc3ccc(F)cc3)cnc21. The highest BCUT2D eigenvalue weighted by Crippen LogP contribution is 2.38. The van der Waals surface area contributed by atoms with Crippen LogP contribution >= 0.6 is 0 Å². The predicted molar refractivity (Wildman–Crippen MR) is 79.9 cm³/mol. The Hall–Kier alpha value is -2.23. The summed E-state index contributed by atoms with van der Waals surface area (Å²) in [7, 11) is 0. The molecule has 21 heavy (non-hydrogen) atoms. The van der Waals surface area contributed by atoms with Crippen molar-refractivity contribution in [3.63, 3.8) is 0 Å². The molecule has 0 spiro atoms. The molecule has 0 saturated heterocycles. The Morgan fingerprint density at radius 3 is 2.67 bits per heavy atom. The number of carbonyl (C=O) groups is 1. The lowest BCUT2D eigenvalue weighted by Gasteiger charge is -2.16. The maximum Gasteiger partial charge on any atom is 0.214 e. The predicted octanol–water partition coefficient (Wildman–Crippen LogP) is 3.07. The van der Waals surface area contributed by atoms with Crippen molar-refractivity contribution < 1.29 is 9.18 Å². The number of benzene rings is 1. The van der Waals surface area contributed by atoms with Crippen LogP contribution in [0.1, 0.15) is 30.7 Å². The van der Waals surface area contributed by atoms with Gasteiger partial charge in [0.1, 0.15) is 5.82 Å². The fourth-order valence-electron chi connectivity index (χ4n) is 2.85. The van der Waals surface area contributed by atoms with Crippen molar-refractivity contribution in [3.8, 4) is 0 Å². The van der Waals surface area contributed by atoms with E-state index in [1.54, 1.807) is 17.0 Å². The van der Waals surface area contributed by atoms with E-state index in [9.17, 15) is 9.18 Å². The molecule has 108 valence electrons. The van der Waals surface area contributed by atoms with Gasteiger partial charge in [0, 0.05) is 18.2 Å². The molecular weight excluding hydrogens is 267 g/mol. The van der Waals surface area contributed by atoms with Crippen molar-refractivity contribution in [3.05, 3.63) is 59.2 Å². The van der Waals surface area contributed by atoms with Crippen molar-refractivity contribution >= 4 is 12.1 Å². The normalized spacial score (nSPS) is 15.9. The largest absolute Gasteiger partial charge is 0.312 e. The molecule has 0 radical (unpaired) electrons.